The number of halogens is 2. The molecule has 0 radical (unpaired) electrons. The van der Waals surface area contributed by atoms with E-state index in [1.165, 1.54) is 0 Å². The molecule has 1 N–H and O–H groups in total. The summed E-state index contributed by atoms with van der Waals surface area (Å²) in [5.74, 6) is -1.32. The monoisotopic (exact) mass is 388 g/mol. The molecule has 2 aromatic carbocycles. The lowest BCUT2D eigenvalue weighted by Gasteiger charge is -2.14. The summed E-state index contributed by atoms with van der Waals surface area (Å²) < 4.78 is 29.2. The molecular weight excluding hydrogens is 374 g/mol. The van der Waals surface area contributed by atoms with Crippen LogP contribution in [0.3, 0.4) is 0 Å². The third-order valence-electron chi connectivity index (χ3n) is 4.63. The normalized spacial score (nSPS) is 12.5. The molecule has 0 aliphatic heterocycles. The number of hydrogen-bond donors (Lipinski definition) is 1. The van der Waals surface area contributed by atoms with E-state index in [0.717, 1.165) is 12.1 Å². The van der Waals surface area contributed by atoms with Gasteiger partial charge in [-0.2, -0.15) is 5.26 Å². The smallest absolute Gasteiger partial charge is 0.227 e. The molecular formula is C22H14F2N4O. The number of aldehydes is 1. The van der Waals surface area contributed by atoms with Crippen molar-refractivity contribution in [1.82, 2.24) is 9.97 Å². The first-order valence-corrected chi connectivity index (χ1v) is 8.87. The summed E-state index contributed by atoms with van der Waals surface area (Å²) in [5.41, 5.74) is 1.40. The van der Waals surface area contributed by atoms with Crippen molar-refractivity contribution in [3.8, 4) is 6.07 Å². The van der Waals surface area contributed by atoms with E-state index < -0.39 is 11.6 Å². The third-order valence-corrected chi connectivity index (χ3v) is 4.63. The van der Waals surface area contributed by atoms with Crippen LogP contribution in [0.4, 0.5) is 20.4 Å². The van der Waals surface area contributed by atoms with Crippen LogP contribution in [-0.2, 0) is 0 Å². The predicted molar refractivity (Wildman–Crippen MR) is 104 cm³/mol. The first-order valence-electron chi connectivity index (χ1n) is 8.87. The van der Waals surface area contributed by atoms with Crippen LogP contribution < -0.4 is 15.9 Å². The van der Waals surface area contributed by atoms with E-state index in [-0.39, 0.29) is 17.1 Å². The second-order valence-electron chi connectivity index (χ2n) is 6.51. The zero-order valence-corrected chi connectivity index (χ0v) is 15.1. The topological polar surface area (TPSA) is 78.7 Å². The molecule has 1 aromatic heterocycles. The van der Waals surface area contributed by atoms with E-state index in [2.05, 4.69) is 15.3 Å². The van der Waals surface area contributed by atoms with Crippen LogP contribution in [0.2, 0.25) is 0 Å². The lowest BCUT2D eigenvalue weighted by Crippen LogP contribution is -2.35. The largest absolute Gasteiger partial charge is 0.324 e. The van der Waals surface area contributed by atoms with Gasteiger partial charge in [-0.05, 0) is 54.8 Å². The highest BCUT2D eigenvalue weighted by Crippen LogP contribution is 2.25. The summed E-state index contributed by atoms with van der Waals surface area (Å²) in [4.78, 5) is 19.6. The number of nitriles is 1. The molecule has 3 aromatic rings. The van der Waals surface area contributed by atoms with Gasteiger partial charge in [-0.1, -0.05) is 6.08 Å². The molecule has 1 aliphatic rings. The van der Waals surface area contributed by atoms with Gasteiger partial charge in [-0.15, -0.1) is 0 Å². The second kappa shape index (κ2) is 7.60. The fourth-order valence-corrected chi connectivity index (χ4v) is 3.28. The Labute approximate surface area is 164 Å². The van der Waals surface area contributed by atoms with Gasteiger partial charge in [0.1, 0.15) is 17.9 Å². The highest BCUT2D eigenvalue weighted by Gasteiger charge is 2.19. The molecule has 0 saturated heterocycles. The number of anilines is 2. The molecule has 0 fully saturated rings. The molecule has 7 heteroatoms. The van der Waals surface area contributed by atoms with E-state index in [0.29, 0.717) is 46.5 Å². The van der Waals surface area contributed by atoms with Gasteiger partial charge in [-0.25, -0.2) is 18.7 Å². The van der Waals surface area contributed by atoms with Crippen molar-refractivity contribution < 1.29 is 13.6 Å². The Morgan fingerprint density at radius 2 is 1.86 bits per heavy atom. The van der Waals surface area contributed by atoms with E-state index >= 15 is 0 Å². The Hall–Kier alpha value is -3.92. The van der Waals surface area contributed by atoms with E-state index in [4.69, 9.17) is 5.26 Å². The van der Waals surface area contributed by atoms with Crippen molar-refractivity contribution in [2.45, 2.75) is 12.8 Å². The lowest BCUT2D eigenvalue weighted by atomic mass is 9.95. The van der Waals surface area contributed by atoms with Gasteiger partial charge in [0.25, 0.3) is 0 Å². The van der Waals surface area contributed by atoms with Crippen LogP contribution >= 0.6 is 0 Å². The first kappa shape index (κ1) is 18.4. The Balaban J connectivity index is 1.83. The number of rotatable bonds is 4. The Morgan fingerprint density at radius 1 is 1.14 bits per heavy atom. The molecule has 0 spiro atoms. The molecule has 0 bridgehead atoms. The number of aromatic nitrogens is 2. The average molecular weight is 388 g/mol. The maximum Gasteiger partial charge on any atom is 0.227 e. The van der Waals surface area contributed by atoms with Crippen molar-refractivity contribution in [1.29, 1.82) is 5.26 Å². The Kier molecular flexibility index (Phi) is 4.83. The molecule has 142 valence electrons. The van der Waals surface area contributed by atoms with Gasteiger partial charge in [0.2, 0.25) is 5.95 Å². The molecule has 5 nitrogen and oxygen atoms in total. The molecule has 0 amide bonds. The lowest BCUT2D eigenvalue weighted by molar-refractivity contribution is 0.112. The van der Waals surface area contributed by atoms with Gasteiger partial charge in [0.05, 0.1) is 22.5 Å². The van der Waals surface area contributed by atoms with Crippen LogP contribution in [0.25, 0.3) is 11.6 Å². The number of nitrogens with one attached hydrogen (secondary N) is 1. The number of hydrogen-bond acceptors (Lipinski definition) is 5. The Bertz CT molecular complexity index is 1250. The summed E-state index contributed by atoms with van der Waals surface area (Å²) >= 11 is 0. The molecule has 4 rings (SSSR count). The minimum absolute atomic E-state index is 0.0576. The van der Waals surface area contributed by atoms with Gasteiger partial charge in [0.15, 0.2) is 0 Å². The average Bonchev–Trinajstić information content (AvgIpc) is 2.74. The zero-order valence-electron chi connectivity index (χ0n) is 15.1. The number of nitrogens with zero attached hydrogens (tertiary/aromatic N) is 3. The van der Waals surface area contributed by atoms with E-state index in [1.54, 1.807) is 30.5 Å². The number of carbonyl (C=O) groups excluding carboxylic acids is 1. The SMILES string of the molecule is N#Cc1ccc(Nc2ncc3c(n2)=C(c2c(F)cc(C=O)cc2F)CCC=3)cc1. The van der Waals surface area contributed by atoms with Gasteiger partial charge >= 0.3 is 0 Å². The maximum atomic E-state index is 14.6. The minimum atomic E-state index is -0.796. The van der Waals surface area contributed by atoms with Crippen LogP contribution in [-0.4, -0.2) is 16.3 Å². The molecule has 0 unspecified atom stereocenters. The van der Waals surface area contributed by atoms with Gasteiger partial charge in [0, 0.05) is 22.7 Å². The van der Waals surface area contributed by atoms with E-state index in [1.807, 2.05) is 12.1 Å². The summed E-state index contributed by atoms with van der Waals surface area (Å²) in [6, 6.07) is 10.8. The summed E-state index contributed by atoms with van der Waals surface area (Å²) in [6.45, 7) is 0. The molecule has 0 atom stereocenters. The minimum Gasteiger partial charge on any atom is -0.324 e. The standard InChI is InChI=1S/C22H14F2N4O/c23-18-8-14(12-29)9-19(24)20(18)17-3-1-2-15-11-26-22(28-21(15)17)27-16-6-4-13(10-25)5-7-16/h2,4-9,11-12H,1,3H2,(H,27,28). The molecule has 1 heterocycles. The fraction of sp³-hybridized carbons (Fsp3) is 0.0909. The van der Waals surface area contributed by atoms with Crippen molar-refractivity contribution in [3.05, 3.63) is 81.5 Å². The molecule has 0 saturated carbocycles. The van der Waals surface area contributed by atoms with Crippen molar-refractivity contribution >= 4 is 29.6 Å². The van der Waals surface area contributed by atoms with Crippen molar-refractivity contribution in [3.63, 3.8) is 0 Å². The number of fused-ring (bicyclic) bond motifs is 1. The first-order chi connectivity index (χ1) is 14.1. The number of carbonyl (C=O) groups is 1. The molecule has 29 heavy (non-hydrogen) atoms. The van der Waals surface area contributed by atoms with Crippen molar-refractivity contribution in [2.75, 3.05) is 5.32 Å². The fourth-order valence-electron chi connectivity index (χ4n) is 3.28. The highest BCUT2D eigenvalue weighted by molar-refractivity contribution is 5.77. The predicted octanol–water partition coefficient (Wildman–Crippen LogP) is 2.96. The Morgan fingerprint density at radius 3 is 2.52 bits per heavy atom. The van der Waals surface area contributed by atoms with E-state index in [9.17, 15) is 13.6 Å². The summed E-state index contributed by atoms with van der Waals surface area (Å²) in [5, 5.41) is 13.0. The van der Waals surface area contributed by atoms with Crippen LogP contribution in [0.1, 0.15) is 34.3 Å². The quantitative estimate of drug-likeness (QED) is 0.696. The maximum absolute atomic E-state index is 14.6. The molecule has 1 aliphatic carbocycles. The van der Waals surface area contributed by atoms with Gasteiger partial charge in [-0.3, -0.25) is 4.79 Å². The van der Waals surface area contributed by atoms with Crippen LogP contribution in [0.15, 0.2) is 42.6 Å². The second-order valence-corrected chi connectivity index (χ2v) is 6.51. The summed E-state index contributed by atoms with van der Waals surface area (Å²) in [6.07, 6.45) is 4.94. The van der Waals surface area contributed by atoms with Crippen molar-refractivity contribution in [2.24, 2.45) is 0 Å². The van der Waals surface area contributed by atoms with Crippen LogP contribution in [0, 0.1) is 23.0 Å². The van der Waals surface area contributed by atoms with Gasteiger partial charge < -0.3 is 5.32 Å². The highest BCUT2D eigenvalue weighted by atomic mass is 19.1. The third kappa shape index (κ3) is 3.60. The summed E-state index contributed by atoms with van der Waals surface area (Å²) in [7, 11) is 0. The zero-order chi connectivity index (χ0) is 20.4. The number of benzene rings is 2. The van der Waals surface area contributed by atoms with Crippen LogP contribution in [0.5, 0.6) is 0 Å².